The molecule has 0 heterocycles. The average molecular weight is 276 g/mol. The van der Waals surface area contributed by atoms with Gasteiger partial charge in [-0.2, -0.15) is 0 Å². The molecule has 1 aromatic carbocycles. The topological polar surface area (TPSA) is 52.6 Å². The number of hydrogen-bond donors (Lipinski definition) is 0. The maximum absolute atomic E-state index is 12.0. The van der Waals surface area contributed by atoms with Gasteiger partial charge >= 0.3 is 0 Å². The molecule has 108 valence electrons. The number of ketones is 2. The molecule has 1 aromatic rings. The van der Waals surface area contributed by atoms with E-state index in [4.69, 9.17) is 9.47 Å². The normalized spacial score (nSPS) is 13.8. The third kappa shape index (κ3) is 3.38. The molecule has 0 saturated heterocycles. The third-order valence-corrected chi connectivity index (χ3v) is 3.45. The number of rotatable bonds is 6. The summed E-state index contributed by atoms with van der Waals surface area (Å²) in [4.78, 5) is 22.8. The van der Waals surface area contributed by atoms with E-state index in [0.717, 1.165) is 18.4 Å². The van der Waals surface area contributed by atoms with E-state index in [1.54, 1.807) is 20.1 Å². The number of ether oxygens (including phenoxy) is 2. The van der Waals surface area contributed by atoms with Crippen LogP contribution in [-0.2, 0) is 11.2 Å². The highest BCUT2D eigenvalue weighted by molar-refractivity contribution is 6.01. The first-order valence-corrected chi connectivity index (χ1v) is 6.98. The summed E-state index contributed by atoms with van der Waals surface area (Å²) in [5.41, 5.74) is 1.71. The van der Waals surface area contributed by atoms with Gasteiger partial charge in [0.1, 0.15) is 17.3 Å². The Morgan fingerprint density at radius 2 is 2.10 bits per heavy atom. The van der Waals surface area contributed by atoms with Gasteiger partial charge < -0.3 is 14.3 Å². The summed E-state index contributed by atoms with van der Waals surface area (Å²) < 4.78 is 11.0. The lowest BCUT2D eigenvalue weighted by molar-refractivity contribution is -0.117. The average Bonchev–Trinajstić information content (AvgIpc) is 2.42. The summed E-state index contributed by atoms with van der Waals surface area (Å²) in [6.07, 6.45) is 3.57. The van der Waals surface area contributed by atoms with E-state index in [1.807, 2.05) is 6.07 Å². The summed E-state index contributed by atoms with van der Waals surface area (Å²) >= 11 is 0. The number of hydrogen-bond acceptors (Lipinski definition) is 4. The van der Waals surface area contributed by atoms with Gasteiger partial charge in [-0.15, -0.1) is 0 Å². The molecular formula is C16H20O4. The molecular weight excluding hydrogens is 256 g/mol. The van der Waals surface area contributed by atoms with Gasteiger partial charge in [0.15, 0.2) is 5.78 Å². The van der Waals surface area contributed by atoms with E-state index in [9.17, 15) is 9.59 Å². The monoisotopic (exact) mass is 276 g/mol. The summed E-state index contributed by atoms with van der Waals surface area (Å²) in [5, 5.41) is 0. The van der Waals surface area contributed by atoms with Crippen molar-refractivity contribution >= 4 is 11.6 Å². The maximum atomic E-state index is 12.0. The molecule has 0 spiro atoms. The highest BCUT2D eigenvalue weighted by atomic mass is 16.5. The summed E-state index contributed by atoms with van der Waals surface area (Å²) in [7, 11) is 1.57. The number of aryl methyl sites for hydroxylation is 1. The predicted octanol–water partition coefficient (Wildman–Crippen LogP) is 2.96. The highest BCUT2D eigenvalue weighted by Gasteiger charge is 2.22. The molecule has 1 aliphatic rings. The molecule has 0 aromatic heterocycles. The molecule has 20 heavy (non-hydrogen) atoms. The standard InChI is InChI=1S/C16H20O4/c1-11(17)5-4-8-20-13-9-12-6-3-7-14(18)16(12)15(10-13)19-2/h9-10H,3-8H2,1-2H3. The van der Waals surface area contributed by atoms with Gasteiger partial charge in [-0.3, -0.25) is 4.79 Å². The third-order valence-electron chi connectivity index (χ3n) is 3.45. The Labute approximate surface area is 119 Å². The first-order valence-electron chi connectivity index (χ1n) is 6.98. The Morgan fingerprint density at radius 1 is 1.30 bits per heavy atom. The molecule has 0 atom stereocenters. The molecule has 0 N–H and O–H groups in total. The second-order valence-corrected chi connectivity index (χ2v) is 5.09. The summed E-state index contributed by atoms with van der Waals surface area (Å²) in [6, 6.07) is 3.68. The van der Waals surface area contributed by atoms with Crippen LogP contribution in [0.25, 0.3) is 0 Å². The number of Topliss-reactive ketones (excluding diaryl/α,β-unsaturated/α-hetero) is 2. The minimum Gasteiger partial charge on any atom is -0.496 e. The predicted molar refractivity (Wildman–Crippen MR) is 75.7 cm³/mol. The Kier molecular flexibility index (Phi) is 4.77. The molecule has 0 amide bonds. The lowest BCUT2D eigenvalue weighted by Gasteiger charge is -2.19. The Morgan fingerprint density at radius 3 is 2.80 bits per heavy atom. The van der Waals surface area contributed by atoms with Crippen LogP contribution in [0.2, 0.25) is 0 Å². The van der Waals surface area contributed by atoms with Crippen molar-refractivity contribution in [1.29, 1.82) is 0 Å². The van der Waals surface area contributed by atoms with Crippen molar-refractivity contribution in [3.8, 4) is 11.5 Å². The van der Waals surface area contributed by atoms with E-state index in [2.05, 4.69) is 0 Å². The van der Waals surface area contributed by atoms with Gasteiger partial charge in [-0.05, 0) is 37.8 Å². The van der Waals surface area contributed by atoms with Crippen LogP contribution in [-0.4, -0.2) is 25.3 Å². The SMILES string of the molecule is COc1cc(OCCCC(C)=O)cc2c1C(=O)CCC2. The van der Waals surface area contributed by atoms with Crippen LogP contribution >= 0.6 is 0 Å². The second kappa shape index (κ2) is 6.55. The van der Waals surface area contributed by atoms with E-state index >= 15 is 0 Å². The van der Waals surface area contributed by atoms with Crippen LogP contribution in [0.4, 0.5) is 0 Å². The molecule has 0 unspecified atom stereocenters. The Balaban J connectivity index is 2.11. The van der Waals surface area contributed by atoms with Gasteiger partial charge in [0.25, 0.3) is 0 Å². The van der Waals surface area contributed by atoms with Crippen LogP contribution < -0.4 is 9.47 Å². The number of carbonyl (C=O) groups excluding carboxylic acids is 2. The van der Waals surface area contributed by atoms with E-state index < -0.39 is 0 Å². The molecule has 0 bridgehead atoms. The van der Waals surface area contributed by atoms with Crippen molar-refractivity contribution in [2.24, 2.45) is 0 Å². The molecule has 0 aliphatic heterocycles. The molecule has 1 aliphatic carbocycles. The quantitative estimate of drug-likeness (QED) is 0.750. The van der Waals surface area contributed by atoms with Gasteiger partial charge in [0.2, 0.25) is 0 Å². The summed E-state index contributed by atoms with van der Waals surface area (Å²) in [6.45, 7) is 2.07. The van der Waals surface area contributed by atoms with Crippen molar-refractivity contribution < 1.29 is 19.1 Å². The first kappa shape index (κ1) is 14.6. The molecule has 4 nitrogen and oxygen atoms in total. The van der Waals surface area contributed by atoms with Crippen LogP contribution in [0.3, 0.4) is 0 Å². The smallest absolute Gasteiger partial charge is 0.166 e. The van der Waals surface area contributed by atoms with Crippen LogP contribution in [0.15, 0.2) is 12.1 Å². The zero-order valence-electron chi connectivity index (χ0n) is 12.0. The molecule has 4 heteroatoms. The fourth-order valence-electron chi connectivity index (χ4n) is 2.48. The molecule has 0 fully saturated rings. The van der Waals surface area contributed by atoms with Crippen LogP contribution in [0, 0.1) is 0 Å². The van der Waals surface area contributed by atoms with Gasteiger partial charge in [-0.25, -0.2) is 0 Å². The zero-order valence-corrected chi connectivity index (χ0v) is 12.0. The number of fused-ring (bicyclic) bond motifs is 1. The van der Waals surface area contributed by atoms with Crippen molar-refractivity contribution in [2.75, 3.05) is 13.7 Å². The lowest BCUT2D eigenvalue weighted by atomic mass is 9.90. The maximum Gasteiger partial charge on any atom is 0.166 e. The molecule has 2 rings (SSSR count). The number of methoxy groups -OCH3 is 1. The van der Waals surface area contributed by atoms with Gasteiger partial charge in [0.05, 0.1) is 19.3 Å². The Bertz CT molecular complexity index is 502. The van der Waals surface area contributed by atoms with Gasteiger partial charge in [0, 0.05) is 18.9 Å². The van der Waals surface area contributed by atoms with Gasteiger partial charge in [-0.1, -0.05) is 0 Å². The van der Waals surface area contributed by atoms with Crippen LogP contribution in [0.1, 0.15) is 48.5 Å². The second-order valence-electron chi connectivity index (χ2n) is 5.09. The van der Waals surface area contributed by atoms with Crippen LogP contribution in [0.5, 0.6) is 11.5 Å². The number of carbonyl (C=O) groups is 2. The largest absolute Gasteiger partial charge is 0.496 e. The minimum absolute atomic E-state index is 0.145. The zero-order chi connectivity index (χ0) is 14.5. The molecule has 0 saturated carbocycles. The van der Waals surface area contributed by atoms with E-state index in [-0.39, 0.29) is 11.6 Å². The molecule has 0 radical (unpaired) electrons. The highest BCUT2D eigenvalue weighted by Crippen LogP contribution is 2.34. The van der Waals surface area contributed by atoms with Crippen molar-refractivity contribution in [2.45, 2.75) is 39.0 Å². The lowest BCUT2D eigenvalue weighted by Crippen LogP contribution is -2.13. The summed E-state index contributed by atoms with van der Waals surface area (Å²) in [5.74, 6) is 1.61. The van der Waals surface area contributed by atoms with Crippen molar-refractivity contribution in [1.82, 2.24) is 0 Å². The number of benzene rings is 1. The van der Waals surface area contributed by atoms with E-state index in [1.165, 1.54) is 0 Å². The fraction of sp³-hybridized carbons (Fsp3) is 0.500. The van der Waals surface area contributed by atoms with Crippen molar-refractivity contribution in [3.63, 3.8) is 0 Å². The van der Waals surface area contributed by atoms with Crippen molar-refractivity contribution in [3.05, 3.63) is 23.3 Å². The Hall–Kier alpha value is -1.84. The van der Waals surface area contributed by atoms with E-state index in [0.29, 0.717) is 42.9 Å². The fourth-order valence-corrected chi connectivity index (χ4v) is 2.48. The first-order chi connectivity index (χ1) is 9.61. The minimum atomic E-state index is 0.145.